The first-order valence-corrected chi connectivity index (χ1v) is 10.3. The summed E-state index contributed by atoms with van der Waals surface area (Å²) in [6.07, 6.45) is -2.48. The van der Waals surface area contributed by atoms with Gasteiger partial charge in [0.05, 0.1) is 11.4 Å². The topological polar surface area (TPSA) is 73.8 Å². The monoisotopic (exact) mass is 408 g/mol. The Labute approximate surface area is 158 Å². The van der Waals surface area contributed by atoms with Gasteiger partial charge in [-0.15, -0.1) is 0 Å². The number of aryl methyl sites for hydroxylation is 1. The zero-order valence-electron chi connectivity index (χ0n) is 16.0. The van der Waals surface area contributed by atoms with Crippen molar-refractivity contribution in [3.63, 3.8) is 0 Å². The lowest BCUT2D eigenvalue weighted by atomic mass is 10.1. The van der Waals surface area contributed by atoms with Crippen LogP contribution in [0, 0.1) is 6.92 Å². The van der Waals surface area contributed by atoms with Crippen LogP contribution in [0.2, 0.25) is 0 Å². The quantitative estimate of drug-likeness (QED) is 0.391. The molecule has 0 spiro atoms. The first kappa shape index (κ1) is 23.2. The van der Waals surface area contributed by atoms with Gasteiger partial charge < -0.3 is 10.6 Å². The van der Waals surface area contributed by atoms with E-state index in [0.717, 1.165) is 5.56 Å². The van der Waals surface area contributed by atoms with E-state index in [-0.39, 0.29) is 0 Å². The minimum atomic E-state index is -4.19. The lowest BCUT2D eigenvalue weighted by Crippen LogP contribution is -2.39. The molecule has 0 heterocycles. The van der Waals surface area contributed by atoms with Crippen LogP contribution in [0.5, 0.6) is 0 Å². The minimum absolute atomic E-state index is 0.303. The van der Waals surface area contributed by atoms with Crippen molar-refractivity contribution in [1.82, 2.24) is 15.5 Å². The molecule has 0 bridgehead atoms. The molecule has 0 saturated heterocycles. The third-order valence-electron chi connectivity index (χ3n) is 3.78. The second-order valence-electron chi connectivity index (χ2n) is 6.43. The van der Waals surface area contributed by atoms with E-state index in [9.17, 15) is 21.6 Å². The molecule has 0 atom stereocenters. The highest BCUT2D eigenvalue weighted by molar-refractivity contribution is 7.90. The van der Waals surface area contributed by atoms with E-state index in [1.54, 1.807) is 32.2 Å². The molecular weight excluding hydrogens is 381 g/mol. The number of sulfone groups is 1. The van der Waals surface area contributed by atoms with E-state index in [1.807, 2.05) is 0 Å². The van der Waals surface area contributed by atoms with Gasteiger partial charge >= 0.3 is 6.18 Å². The van der Waals surface area contributed by atoms with Gasteiger partial charge in [-0.3, -0.25) is 9.89 Å². The molecule has 0 aliphatic rings. The van der Waals surface area contributed by atoms with E-state index in [1.165, 1.54) is 18.2 Å². The third kappa shape index (κ3) is 9.09. The van der Waals surface area contributed by atoms with Crippen LogP contribution in [-0.2, 0) is 16.4 Å². The molecule has 27 heavy (non-hydrogen) atoms. The molecule has 1 aromatic carbocycles. The Balaban J connectivity index is 2.44. The van der Waals surface area contributed by atoms with E-state index in [2.05, 4.69) is 15.6 Å². The Morgan fingerprint density at radius 3 is 2.44 bits per heavy atom. The number of guanidine groups is 1. The summed E-state index contributed by atoms with van der Waals surface area (Å²) in [6.45, 7) is 2.05. The highest BCUT2D eigenvalue weighted by Crippen LogP contribution is 2.17. The van der Waals surface area contributed by atoms with Crippen molar-refractivity contribution in [1.29, 1.82) is 0 Å². The first-order valence-electron chi connectivity index (χ1n) is 8.42. The smallest absolute Gasteiger partial charge is 0.356 e. The third-order valence-corrected chi connectivity index (χ3v) is 5.04. The van der Waals surface area contributed by atoms with Gasteiger partial charge in [0.25, 0.3) is 0 Å². The molecule has 154 valence electrons. The van der Waals surface area contributed by atoms with Gasteiger partial charge in [-0.05, 0) is 44.1 Å². The van der Waals surface area contributed by atoms with Crippen LogP contribution in [0.25, 0.3) is 0 Å². The Bertz CT molecular complexity index is 749. The summed E-state index contributed by atoms with van der Waals surface area (Å²) in [4.78, 5) is 5.59. The number of aliphatic imine (C=N–C) groups is 1. The molecule has 0 amide bonds. The first-order chi connectivity index (χ1) is 12.4. The number of alkyl halides is 3. The molecule has 0 aliphatic heterocycles. The molecule has 10 heteroatoms. The summed E-state index contributed by atoms with van der Waals surface area (Å²) in [5, 5.41) is 6.14. The SMILES string of the molecule is CN=C(NCCCN(C)CC(F)(F)F)NCc1ccc(S(C)(=O)=O)c(C)c1. The lowest BCUT2D eigenvalue weighted by molar-refractivity contribution is -0.143. The van der Waals surface area contributed by atoms with Crippen LogP contribution < -0.4 is 10.6 Å². The van der Waals surface area contributed by atoms with Gasteiger partial charge in [0, 0.05) is 26.4 Å². The fraction of sp³-hybridized carbons (Fsp3) is 0.588. The lowest BCUT2D eigenvalue weighted by Gasteiger charge is -2.19. The zero-order valence-corrected chi connectivity index (χ0v) is 16.8. The fourth-order valence-electron chi connectivity index (χ4n) is 2.58. The summed E-state index contributed by atoms with van der Waals surface area (Å²) in [7, 11) is -0.217. The Morgan fingerprint density at radius 1 is 1.26 bits per heavy atom. The fourth-order valence-corrected chi connectivity index (χ4v) is 3.54. The maximum Gasteiger partial charge on any atom is 0.401 e. The van der Waals surface area contributed by atoms with E-state index < -0.39 is 22.6 Å². The normalized spacial score (nSPS) is 13.1. The molecule has 1 aromatic rings. The number of hydrogen-bond donors (Lipinski definition) is 2. The number of halogens is 3. The maximum atomic E-state index is 12.3. The van der Waals surface area contributed by atoms with Crippen molar-refractivity contribution in [2.75, 3.05) is 40.0 Å². The van der Waals surface area contributed by atoms with Crippen molar-refractivity contribution in [2.45, 2.75) is 31.0 Å². The van der Waals surface area contributed by atoms with Gasteiger partial charge in [0.15, 0.2) is 15.8 Å². The molecule has 0 unspecified atom stereocenters. The summed E-state index contributed by atoms with van der Waals surface area (Å²) in [5.41, 5.74) is 1.57. The average molecular weight is 408 g/mol. The molecular formula is C17H27F3N4O2S. The Kier molecular flexibility index (Phi) is 8.55. The molecule has 0 saturated carbocycles. The molecule has 0 fully saturated rings. The van der Waals surface area contributed by atoms with Gasteiger partial charge in [-0.1, -0.05) is 12.1 Å². The molecule has 6 nitrogen and oxygen atoms in total. The summed E-state index contributed by atoms with van der Waals surface area (Å²) in [6, 6.07) is 5.10. The van der Waals surface area contributed by atoms with Crippen LogP contribution in [-0.4, -0.2) is 65.4 Å². The predicted octanol–water partition coefficient (Wildman–Crippen LogP) is 1.95. The Hall–Kier alpha value is -1.81. The number of nitrogens with zero attached hydrogens (tertiary/aromatic N) is 2. The van der Waals surface area contributed by atoms with Crippen molar-refractivity contribution < 1.29 is 21.6 Å². The van der Waals surface area contributed by atoms with Crippen LogP contribution in [0.4, 0.5) is 13.2 Å². The van der Waals surface area contributed by atoms with Gasteiger partial charge in [-0.2, -0.15) is 13.2 Å². The maximum absolute atomic E-state index is 12.3. The summed E-state index contributed by atoms with van der Waals surface area (Å²) >= 11 is 0. The minimum Gasteiger partial charge on any atom is -0.356 e. The number of nitrogens with one attached hydrogen (secondary N) is 2. The van der Waals surface area contributed by atoms with Gasteiger partial charge in [0.1, 0.15) is 0 Å². The molecule has 0 aliphatic carbocycles. The molecule has 0 aromatic heterocycles. The highest BCUT2D eigenvalue weighted by atomic mass is 32.2. The molecule has 1 rings (SSSR count). The van der Waals surface area contributed by atoms with Crippen molar-refractivity contribution in [3.05, 3.63) is 29.3 Å². The van der Waals surface area contributed by atoms with Gasteiger partial charge in [-0.25, -0.2) is 8.42 Å². The van der Waals surface area contributed by atoms with Crippen LogP contribution in [0.3, 0.4) is 0 Å². The molecule has 2 N–H and O–H groups in total. The number of benzene rings is 1. The van der Waals surface area contributed by atoms with E-state index >= 15 is 0 Å². The van der Waals surface area contributed by atoms with Crippen molar-refractivity contribution >= 4 is 15.8 Å². The average Bonchev–Trinajstić information content (AvgIpc) is 2.51. The molecule has 0 radical (unpaired) electrons. The van der Waals surface area contributed by atoms with Crippen LogP contribution in [0.15, 0.2) is 28.1 Å². The highest BCUT2D eigenvalue weighted by Gasteiger charge is 2.28. The van der Waals surface area contributed by atoms with Gasteiger partial charge in [0.2, 0.25) is 0 Å². The van der Waals surface area contributed by atoms with E-state index in [0.29, 0.717) is 42.5 Å². The number of rotatable bonds is 8. The zero-order chi connectivity index (χ0) is 20.7. The van der Waals surface area contributed by atoms with E-state index in [4.69, 9.17) is 0 Å². The standard InChI is InChI=1S/C17H27F3N4O2S/c1-13-10-14(6-7-15(13)27(4,25)26)11-23-16(21-2)22-8-5-9-24(3)12-17(18,19)20/h6-7,10H,5,8-9,11-12H2,1-4H3,(H2,21,22,23). The van der Waals surface area contributed by atoms with Crippen LogP contribution >= 0.6 is 0 Å². The summed E-state index contributed by atoms with van der Waals surface area (Å²) < 4.78 is 60.1. The van der Waals surface area contributed by atoms with Crippen molar-refractivity contribution in [2.24, 2.45) is 4.99 Å². The second-order valence-corrected chi connectivity index (χ2v) is 8.42. The summed E-state index contributed by atoms with van der Waals surface area (Å²) in [5.74, 6) is 0.526. The Morgan fingerprint density at radius 2 is 1.93 bits per heavy atom. The number of hydrogen-bond acceptors (Lipinski definition) is 4. The van der Waals surface area contributed by atoms with Crippen LogP contribution in [0.1, 0.15) is 17.5 Å². The van der Waals surface area contributed by atoms with Crippen molar-refractivity contribution in [3.8, 4) is 0 Å². The predicted molar refractivity (Wildman–Crippen MR) is 101 cm³/mol. The second kappa shape index (κ2) is 9.93. The largest absolute Gasteiger partial charge is 0.401 e.